The summed E-state index contributed by atoms with van der Waals surface area (Å²) < 4.78 is 39.9. The molecule has 0 aliphatic carbocycles. The van der Waals surface area contributed by atoms with Crippen molar-refractivity contribution >= 4 is 12.2 Å². The number of H-pyrrole nitrogens is 1. The van der Waals surface area contributed by atoms with E-state index >= 15 is 0 Å². The van der Waals surface area contributed by atoms with Crippen molar-refractivity contribution in [2.75, 3.05) is 0 Å². The van der Waals surface area contributed by atoms with E-state index in [2.05, 4.69) is 15.2 Å². The molecule has 2 aromatic rings. The van der Waals surface area contributed by atoms with Crippen LogP contribution >= 0.6 is 12.2 Å². The molecule has 0 aromatic carbocycles. The Kier molecular flexibility index (Phi) is 2.74. The van der Waals surface area contributed by atoms with Crippen molar-refractivity contribution in [3.8, 4) is 11.4 Å². The van der Waals surface area contributed by atoms with E-state index in [4.69, 9.17) is 12.2 Å². The minimum atomic E-state index is -4.45. The lowest BCUT2D eigenvalue weighted by atomic mass is 10.1. The second-order valence-corrected chi connectivity index (χ2v) is 3.72. The first-order chi connectivity index (χ1) is 7.91. The van der Waals surface area contributed by atoms with Gasteiger partial charge in [-0.1, -0.05) is 0 Å². The largest absolute Gasteiger partial charge is 0.417 e. The smallest absolute Gasteiger partial charge is 0.303 e. The van der Waals surface area contributed by atoms with Crippen LogP contribution in [0.3, 0.4) is 0 Å². The lowest BCUT2D eigenvalue weighted by molar-refractivity contribution is -0.137. The summed E-state index contributed by atoms with van der Waals surface area (Å²) in [5.74, 6) is 0.107. The average Bonchev–Trinajstić information content (AvgIpc) is 2.59. The normalized spacial score (nSPS) is 11.8. The molecule has 0 saturated heterocycles. The van der Waals surface area contributed by atoms with Crippen LogP contribution in [0, 0.1) is 4.77 Å². The topological polar surface area (TPSA) is 46.5 Å². The minimum absolute atomic E-state index is 0.102. The monoisotopic (exact) mass is 260 g/mol. The van der Waals surface area contributed by atoms with E-state index in [0.717, 1.165) is 18.5 Å². The number of aromatic nitrogens is 4. The summed E-state index contributed by atoms with van der Waals surface area (Å²) in [5.41, 5.74) is -0.889. The zero-order valence-corrected chi connectivity index (χ0v) is 9.43. The summed E-state index contributed by atoms with van der Waals surface area (Å²) in [6.07, 6.45) is -2.24. The van der Waals surface area contributed by atoms with E-state index in [9.17, 15) is 13.2 Å². The molecule has 2 heterocycles. The maximum absolute atomic E-state index is 12.8. The highest BCUT2D eigenvalue weighted by atomic mass is 32.1. The predicted octanol–water partition coefficient (Wildman–Crippen LogP) is 2.56. The van der Waals surface area contributed by atoms with Crippen LogP contribution in [-0.2, 0) is 13.2 Å². The number of nitrogens with one attached hydrogen (secondary N) is 1. The van der Waals surface area contributed by atoms with Crippen molar-refractivity contribution in [1.29, 1.82) is 0 Å². The molecule has 0 radical (unpaired) electrons. The SMILES string of the molecule is Cn1c(-c2cnccc2C(F)(F)F)n[nH]c1=S. The van der Waals surface area contributed by atoms with E-state index in [1.807, 2.05) is 0 Å². The number of alkyl halides is 3. The molecule has 1 N–H and O–H groups in total. The van der Waals surface area contributed by atoms with Gasteiger partial charge in [-0.25, -0.2) is 0 Å². The van der Waals surface area contributed by atoms with Gasteiger partial charge in [-0.2, -0.15) is 18.3 Å². The van der Waals surface area contributed by atoms with E-state index in [1.54, 1.807) is 0 Å². The molecule has 0 amide bonds. The number of hydrogen-bond acceptors (Lipinski definition) is 3. The van der Waals surface area contributed by atoms with Gasteiger partial charge in [0.15, 0.2) is 10.6 Å². The first-order valence-electron chi connectivity index (χ1n) is 4.54. The molecule has 2 aromatic heterocycles. The number of rotatable bonds is 1. The van der Waals surface area contributed by atoms with Crippen LogP contribution in [0.25, 0.3) is 11.4 Å². The molecule has 0 fully saturated rings. The summed E-state index contributed by atoms with van der Waals surface area (Å²) >= 11 is 4.85. The van der Waals surface area contributed by atoms with Crippen molar-refractivity contribution < 1.29 is 13.2 Å². The van der Waals surface area contributed by atoms with Gasteiger partial charge in [-0.05, 0) is 18.3 Å². The number of pyridine rings is 1. The maximum atomic E-state index is 12.8. The predicted molar refractivity (Wildman–Crippen MR) is 56.6 cm³/mol. The fourth-order valence-electron chi connectivity index (χ4n) is 1.41. The highest BCUT2D eigenvalue weighted by Crippen LogP contribution is 2.35. The Bertz CT molecular complexity index is 599. The minimum Gasteiger partial charge on any atom is -0.303 e. The van der Waals surface area contributed by atoms with Crippen LogP contribution in [0.1, 0.15) is 5.56 Å². The van der Waals surface area contributed by atoms with Gasteiger partial charge >= 0.3 is 6.18 Å². The molecule has 0 unspecified atom stereocenters. The Morgan fingerprint density at radius 3 is 2.65 bits per heavy atom. The van der Waals surface area contributed by atoms with Crippen LogP contribution in [0.15, 0.2) is 18.5 Å². The molecular formula is C9H7F3N4S. The highest BCUT2D eigenvalue weighted by molar-refractivity contribution is 7.71. The van der Waals surface area contributed by atoms with E-state index in [0.29, 0.717) is 0 Å². The lowest BCUT2D eigenvalue weighted by Gasteiger charge is -2.10. The van der Waals surface area contributed by atoms with Crippen LogP contribution in [-0.4, -0.2) is 19.7 Å². The van der Waals surface area contributed by atoms with Gasteiger partial charge < -0.3 is 4.57 Å². The van der Waals surface area contributed by atoms with E-state index < -0.39 is 11.7 Å². The molecule has 0 aliphatic heterocycles. The molecule has 0 bridgehead atoms. The van der Waals surface area contributed by atoms with E-state index in [1.165, 1.54) is 11.6 Å². The molecule has 0 saturated carbocycles. The molecule has 4 nitrogen and oxygen atoms in total. The van der Waals surface area contributed by atoms with Gasteiger partial charge in [0, 0.05) is 25.0 Å². The summed E-state index contributed by atoms with van der Waals surface area (Å²) in [4.78, 5) is 3.68. The van der Waals surface area contributed by atoms with Crippen molar-refractivity contribution in [3.63, 3.8) is 0 Å². The Morgan fingerprint density at radius 1 is 1.41 bits per heavy atom. The number of halogens is 3. The Labute approximate surface area is 99.1 Å². The van der Waals surface area contributed by atoms with Crippen molar-refractivity contribution in [3.05, 3.63) is 28.8 Å². The van der Waals surface area contributed by atoms with Gasteiger partial charge in [0.25, 0.3) is 0 Å². The average molecular weight is 260 g/mol. The van der Waals surface area contributed by atoms with Crippen LogP contribution < -0.4 is 0 Å². The number of hydrogen-bond donors (Lipinski definition) is 1. The molecular weight excluding hydrogens is 253 g/mol. The summed E-state index contributed by atoms with van der Waals surface area (Å²) in [5, 5.41) is 6.20. The molecule has 90 valence electrons. The molecule has 0 aliphatic rings. The third kappa shape index (κ3) is 2.07. The van der Waals surface area contributed by atoms with Crippen molar-refractivity contribution in [1.82, 2.24) is 19.7 Å². The first kappa shape index (κ1) is 11.8. The van der Waals surface area contributed by atoms with Gasteiger partial charge in [0.05, 0.1) is 5.56 Å². The maximum Gasteiger partial charge on any atom is 0.417 e. The molecule has 0 atom stereocenters. The Hall–Kier alpha value is -1.70. The standard InChI is InChI=1S/C9H7F3N4S/c1-16-7(14-15-8(16)17)5-4-13-3-2-6(5)9(10,11)12/h2-4H,1H3,(H,15,17). The number of aromatic amines is 1. The van der Waals surface area contributed by atoms with Gasteiger partial charge in [-0.3, -0.25) is 10.1 Å². The Balaban J connectivity index is 2.68. The molecule has 17 heavy (non-hydrogen) atoms. The summed E-state index contributed by atoms with van der Waals surface area (Å²) in [7, 11) is 1.54. The van der Waals surface area contributed by atoms with Crippen LogP contribution in [0.5, 0.6) is 0 Å². The zero-order valence-electron chi connectivity index (χ0n) is 8.62. The van der Waals surface area contributed by atoms with Crippen molar-refractivity contribution in [2.45, 2.75) is 6.18 Å². The fourth-order valence-corrected chi connectivity index (χ4v) is 1.54. The third-order valence-electron chi connectivity index (χ3n) is 2.25. The van der Waals surface area contributed by atoms with Gasteiger partial charge in [0.2, 0.25) is 0 Å². The molecule has 8 heteroatoms. The second-order valence-electron chi connectivity index (χ2n) is 3.33. The Morgan fingerprint density at radius 2 is 2.12 bits per heavy atom. The fraction of sp³-hybridized carbons (Fsp3) is 0.222. The van der Waals surface area contributed by atoms with E-state index in [-0.39, 0.29) is 16.2 Å². The van der Waals surface area contributed by atoms with Gasteiger partial charge in [0.1, 0.15) is 0 Å². The number of nitrogens with zero attached hydrogens (tertiary/aromatic N) is 3. The summed E-state index contributed by atoms with van der Waals surface area (Å²) in [6, 6.07) is 0.910. The molecule has 2 rings (SSSR count). The molecule has 0 spiro atoms. The first-order valence-corrected chi connectivity index (χ1v) is 4.95. The quantitative estimate of drug-likeness (QED) is 0.801. The highest BCUT2D eigenvalue weighted by Gasteiger charge is 2.34. The van der Waals surface area contributed by atoms with Crippen molar-refractivity contribution in [2.24, 2.45) is 7.05 Å². The third-order valence-corrected chi connectivity index (χ3v) is 2.61. The second kappa shape index (κ2) is 3.95. The summed E-state index contributed by atoms with van der Waals surface area (Å²) in [6.45, 7) is 0. The van der Waals surface area contributed by atoms with Gasteiger partial charge in [-0.15, -0.1) is 0 Å². The van der Waals surface area contributed by atoms with Crippen LogP contribution in [0.2, 0.25) is 0 Å². The van der Waals surface area contributed by atoms with Crippen LogP contribution in [0.4, 0.5) is 13.2 Å². The zero-order chi connectivity index (χ0) is 12.6. The lowest BCUT2D eigenvalue weighted by Crippen LogP contribution is -2.09.